The molecule has 0 aromatic carbocycles. The average Bonchev–Trinajstić information content (AvgIpc) is 3.26. The SMILES string of the molecule is Cc1cc(CN2C[C@@H]3COC[C@]3(CNC(=O)N(C)C)C2)no1.O=C(O)C(F)(F)F. The zero-order valence-corrected chi connectivity index (χ0v) is 16.5. The molecule has 2 fully saturated rings. The standard InChI is InChI=1S/C15H24N4O3.C2HF3O2/c1-11-4-13(17-22-11)6-19-5-12-7-21-10-15(12,9-19)8-16-14(20)18(2)3;3-2(4,5)1(6)7/h4,12H,5-10H2,1-3H3,(H,16,20);(H,6,7)/t12-,15+;/m1./s1. The Labute approximate surface area is 165 Å². The Kier molecular flexibility index (Phi) is 7.11. The summed E-state index contributed by atoms with van der Waals surface area (Å²) in [5.74, 6) is -1.46. The highest BCUT2D eigenvalue weighted by Gasteiger charge is 2.50. The zero-order chi connectivity index (χ0) is 21.8. The van der Waals surface area contributed by atoms with Gasteiger partial charge in [0.2, 0.25) is 0 Å². The quantitative estimate of drug-likeness (QED) is 0.754. The Morgan fingerprint density at radius 3 is 2.62 bits per heavy atom. The molecule has 2 aliphatic rings. The molecule has 1 aromatic heterocycles. The Morgan fingerprint density at radius 1 is 1.45 bits per heavy atom. The van der Waals surface area contributed by atoms with Gasteiger partial charge in [0.1, 0.15) is 5.76 Å². The van der Waals surface area contributed by atoms with E-state index >= 15 is 0 Å². The summed E-state index contributed by atoms with van der Waals surface area (Å²) in [6.45, 7) is 6.72. The van der Waals surface area contributed by atoms with Gasteiger partial charge in [-0.3, -0.25) is 4.90 Å². The number of halogens is 3. The maximum Gasteiger partial charge on any atom is 0.490 e. The Bertz CT molecular complexity index is 724. The number of nitrogens with zero attached hydrogens (tertiary/aromatic N) is 3. The first-order valence-corrected chi connectivity index (χ1v) is 8.90. The number of hydrogen-bond acceptors (Lipinski definition) is 6. The maximum atomic E-state index is 11.8. The second-order valence-electron chi connectivity index (χ2n) is 7.53. The summed E-state index contributed by atoms with van der Waals surface area (Å²) in [6.07, 6.45) is -5.08. The molecule has 0 radical (unpaired) electrons. The molecule has 3 rings (SSSR count). The Hall–Kier alpha value is -2.34. The summed E-state index contributed by atoms with van der Waals surface area (Å²) in [4.78, 5) is 24.6. The van der Waals surface area contributed by atoms with E-state index in [1.54, 1.807) is 19.0 Å². The molecule has 2 N–H and O–H groups in total. The van der Waals surface area contributed by atoms with Crippen LogP contribution in [-0.4, -0.2) is 85.2 Å². The number of carboxylic acids is 1. The van der Waals surface area contributed by atoms with Gasteiger partial charge < -0.3 is 24.6 Å². The van der Waals surface area contributed by atoms with E-state index < -0.39 is 12.1 Å². The van der Waals surface area contributed by atoms with Gasteiger partial charge in [0, 0.05) is 57.7 Å². The van der Waals surface area contributed by atoms with E-state index in [1.165, 1.54) is 0 Å². The van der Waals surface area contributed by atoms with Crippen molar-refractivity contribution < 1.29 is 37.1 Å². The maximum absolute atomic E-state index is 11.8. The van der Waals surface area contributed by atoms with E-state index in [0.29, 0.717) is 19.1 Å². The summed E-state index contributed by atoms with van der Waals surface area (Å²) < 4.78 is 42.6. The minimum Gasteiger partial charge on any atom is -0.475 e. The van der Waals surface area contributed by atoms with Gasteiger partial charge in [-0.2, -0.15) is 13.2 Å². The second kappa shape index (κ2) is 8.99. The number of hydrogen-bond donors (Lipinski definition) is 2. The fraction of sp³-hybridized carbons (Fsp3) is 0.706. The first-order chi connectivity index (χ1) is 13.4. The Balaban J connectivity index is 0.000000370. The van der Waals surface area contributed by atoms with Crippen LogP contribution in [-0.2, 0) is 16.1 Å². The monoisotopic (exact) mass is 422 g/mol. The van der Waals surface area contributed by atoms with Crippen molar-refractivity contribution in [1.82, 2.24) is 20.3 Å². The van der Waals surface area contributed by atoms with E-state index in [9.17, 15) is 18.0 Å². The number of carbonyl (C=O) groups excluding carboxylic acids is 1. The van der Waals surface area contributed by atoms with Crippen LogP contribution in [0.25, 0.3) is 0 Å². The topological polar surface area (TPSA) is 108 Å². The van der Waals surface area contributed by atoms with Gasteiger partial charge in [-0.15, -0.1) is 0 Å². The molecule has 2 saturated heterocycles. The predicted molar refractivity (Wildman–Crippen MR) is 94.0 cm³/mol. The third-order valence-corrected chi connectivity index (χ3v) is 4.89. The molecular weight excluding hydrogens is 397 g/mol. The van der Waals surface area contributed by atoms with Gasteiger partial charge in [0.25, 0.3) is 0 Å². The predicted octanol–water partition coefficient (Wildman–Crippen LogP) is 1.34. The van der Waals surface area contributed by atoms with Crippen LogP contribution in [0, 0.1) is 18.3 Å². The molecule has 2 atom stereocenters. The molecule has 12 heteroatoms. The molecule has 0 saturated carbocycles. The lowest BCUT2D eigenvalue weighted by Crippen LogP contribution is -2.45. The number of fused-ring (bicyclic) bond motifs is 1. The number of likely N-dealkylation sites (tertiary alicyclic amines) is 1. The molecule has 0 unspecified atom stereocenters. The molecule has 2 aliphatic heterocycles. The van der Waals surface area contributed by atoms with Crippen LogP contribution in [0.5, 0.6) is 0 Å². The van der Waals surface area contributed by atoms with Crippen LogP contribution in [0.1, 0.15) is 11.5 Å². The van der Waals surface area contributed by atoms with Crippen molar-refractivity contribution in [3.05, 3.63) is 17.5 Å². The third-order valence-electron chi connectivity index (χ3n) is 4.89. The summed E-state index contributed by atoms with van der Waals surface area (Å²) in [6, 6.07) is 1.93. The van der Waals surface area contributed by atoms with Crippen LogP contribution < -0.4 is 5.32 Å². The minimum atomic E-state index is -5.08. The largest absolute Gasteiger partial charge is 0.490 e. The van der Waals surface area contributed by atoms with Crippen molar-refractivity contribution in [2.45, 2.75) is 19.6 Å². The van der Waals surface area contributed by atoms with Crippen molar-refractivity contribution in [3.8, 4) is 0 Å². The van der Waals surface area contributed by atoms with Crippen molar-refractivity contribution in [1.29, 1.82) is 0 Å². The lowest BCUT2D eigenvalue weighted by Gasteiger charge is -2.28. The highest BCUT2D eigenvalue weighted by molar-refractivity contribution is 5.73. The fourth-order valence-corrected chi connectivity index (χ4v) is 3.44. The number of carbonyl (C=O) groups is 2. The lowest BCUT2D eigenvalue weighted by molar-refractivity contribution is -0.192. The summed E-state index contributed by atoms with van der Waals surface area (Å²) in [5, 5.41) is 14.2. The molecule has 0 bridgehead atoms. The molecular formula is C17H25F3N4O5. The van der Waals surface area contributed by atoms with Crippen LogP contribution in [0.3, 0.4) is 0 Å². The molecule has 9 nitrogen and oxygen atoms in total. The molecule has 29 heavy (non-hydrogen) atoms. The van der Waals surface area contributed by atoms with E-state index in [-0.39, 0.29) is 11.4 Å². The van der Waals surface area contributed by atoms with Gasteiger partial charge >= 0.3 is 18.2 Å². The number of ether oxygens (including phenoxy) is 1. The molecule has 3 heterocycles. The number of nitrogens with one attached hydrogen (secondary N) is 1. The van der Waals surface area contributed by atoms with Gasteiger partial charge in [0.05, 0.1) is 18.9 Å². The third kappa shape index (κ3) is 6.07. The normalized spacial score (nSPS) is 23.9. The number of alkyl halides is 3. The number of aliphatic carboxylic acids is 1. The molecule has 1 aromatic rings. The first-order valence-electron chi connectivity index (χ1n) is 8.90. The van der Waals surface area contributed by atoms with E-state index in [0.717, 1.165) is 37.7 Å². The number of aromatic nitrogens is 1. The van der Waals surface area contributed by atoms with Crippen LogP contribution in [0.2, 0.25) is 0 Å². The molecule has 0 spiro atoms. The number of carboxylic acid groups (broad SMARTS) is 1. The first kappa shape index (κ1) is 22.9. The van der Waals surface area contributed by atoms with Crippen molar-refractivity contribution in [2.24, 2.45) is 11.3 Å². The van der Waals surface area contributed by atoms with Gasteiger partial charge in [-0.1, -0.05) is 5.16 Å². The fourth-order valence-electron chi connectivity index (χ4n) is 3.44. The lowest BCUT2D eigenvalue weighted by atomic mass is 9.81. The van der Waals surface area contributed by atoms with Gasteiger partial charge in [0.15, 0.2) is 0 Å². The summed E-state index contributed by atoms with van der Waals surface area (Å²) in [7, 11) is 3.51. The van der Waals surface area contributed by atoms with Crippen molar-refractivity contribution in [2.75, 3.05) is 46.9 Å². The number of urea groups is 1. The van der Waals surface area contributed by atoms with E-state index in [4.69, 9.17) is 19.2 Å². The Morgan fingerprint density at radius 2 is 2.10 bits per heavy atom. The zero-order valence-electron chi connectivity index (χ0n) is 16.5. The number of aryl methyl sites for hydroxylation is 1. The average molecular weight is 422 g/mol. The van der Waals surface area contributed by atoms with Crippen LogP contribution in [0.4, 0.5) is 18.0 Å². The summed E-state index contributed by atoms with van der Waals surface area (Å²) in [5.41, 5.74) is 0.982. The molecule has 2 amide bonds. The van der Waals surface area contributed by atoms with Crippen LogP contribution >= 0.6 is 0 Å². The van der Waals surface area contributed by atoms with Crippen molar-refractivity contribution in [3.63, 3.8) is 0 Å². The second-order valence-corrected chi connectivity index (χ2v) is 7.53. The van der Waals surface area contributed by atoms with Crippen LogP contribution in [0.15, 0.2) is 10.6 Å². The van der Waals surface area contributed by atoms with Crippen molar-refractivity contribution >= 4 is 12.0 Å². The summed E-state index contributed by atoms with van der Waals surface area (Å²) >= 11 is 0. The highest BCUT2D eigenvalue weighted by atomic mass is 19.4. The smallest absolute Gasteiger partial charge is 0.475 e. The van der Waals surface area contributed by atoms with Gasteiger partial charge in [-0.25, -0.2) is 9.59 Å². The highest BCUT2D eigenvalue weighted by Crippen LogP contribution is 2.41. The molecule has 0 aliphatic carbocycles. The number of rotatable bonds is 4. The van der Waals surface area contributed by atoms with Gasteiger partial charge in [-0.05, 0) is 6.92 Å². The number of amides is 2. The molecule has 164 valence electrons. The van der Waals surface area contributed by atoms with E-state index in [1.807, 2.05) is 13.0 Å². The van der Waals surface area contributed by atoms with E-state index in [2.05, 4.69) is 15.4 Å². The minimum absolute atomic E-state index is 0.0183.